The first-order valence-corrected chi connectivity index (χ1v) is 7.29. The monoisotopic (exact) mass is 390 g/mol. The minimum atomic E-state index is -0.430. The molecule has 94 valence electrons. The summed E-state index contributed by atoms with van der Waals surface area (Å²) < 4.78 is 6.77. The Morgan fingerprint density at radius 1 is 1.44 bits per heavy atom. The molecule has 0 amide bonds. The summed E-state index contributed by atoms with van der Waals surface area (Å²) >= 11 is 8.11. The maximum Gasteiger partial charge on any atom is 0.339 e. The molecule has 0 saturated heterocycles. The Morgan fingerprint density at radius 2 is 2.22 bits per heavy atom. The topological polar surface area (TPSA) is 65.2 Å². The van der Waals surface area contributed by atoms with Crippen molar-refractivity contribution in [3.63, 3.8) is 0 Å². The Hall–Kier alpha value is -0.920. The molecule has 0 atom stereocenters. The van der Waals surface area contributed by atoms with Crippen LogP contribution in [-0.2, 0) is 11.3 Å². The van der Waals surface area contributed by atoms with E-state index in [9.17, 15) is 4.79 Å². The molecule has 0 unspecified atom stereocenters. The summed E-state index contributed by atoms with van der Waals surface area (Å²) in [5.41, 5.74) is 5.91. The SMILES string of the molecule is Nc1cc(C(=O)OCc2ccc(Br)s2)c(Br)cn1. The van der Waals surface area contributed by atoms with Gasteiger partial charge in [-0.25, -0.2) is 9.78 Å². The second kappa shape index (κ2) is 5.81. The van der Waals surface area contributed by atoms with Crippen LogP contribution in [0.5, 0.6) is 0 Å². The molecule has 0 spiro atoms. The summed E-state index contributed by atoms with van der Waals surface area (Å²) in [5.74, 6) is -0.149. The van der Waals surface area contributed by atoms with Crippen molar-refractivity contribution in [2.24, 2.45) is 0 Å². The number of esters is 1. The Labute approximate surface area is 124 Å². The van der Waals surface area contributed by atoms with Gasteiger partial charge in [0.25, 0.3) is 0 Å². The number of nitrogen functional groups attached to an aromatic ring is 1. The van der Waals surface area contributed by atoms with Crippen LogP contribution in [0.1, 0.15) is 15.2 Å². The van der Waals surface area contributed by atoms with Gasteiger partial charge in [0.2, 0.25) is 0 Å². The third-order valence-corrected chi connectivity index (χ3v) is 4.30. The van der Waals surface area contributed by atoms with Crippen molar-refractivity contribution in [2.45, 2.75) is 6.61 Å². The molecule has 2 heterocycles. The van der Waals surface area contributed by atoms with E-state index in [0.717, 1.165) is 8.66 Å². The average molecular weight is 392 g/mol. The lowest BCUT2D eigenvalue weighted by Gasteiger charge is -2.05. The van der Waals surface area contributed by atoms with Crippen molar-refractivity contribution in [1.29, 1.82) is 0 Å². The number of aromatic nitrogens is 1. The molecule has 0 aliphatic carbocycles. The fraction of sp³-hybridized carbons (Fsp3) is 0.0909. The van der Waals surface area contributed by atoms with Crippen LogP contribution in [0.2, 0.25) is 0 Å². The Morgan fingerprint density at radius 3 is 2.89 bits per heavy atom. The van der Waals surface area contributed by atoms with Gasteiger partial charge in [0.05, 0.1) is 13.8 Å². The van der Waals surface area contributed by atoms with Crippen LogP contribution in [0.15, 0.2) is 32.7 Å². The highest BCUT2D eigenvalue weighted by Gasteiger charge is 2.13. The van der Waals surface area contributed by atoms with E-state index in [2.05, 4.69) is 36.8 Å². The van der Waals surface area contributed by atoms with E-state index in [1.165, 1.54) is 23.6 Å². The van der Waals surface area contributed by atoms with Crippen molar-refractivity contribution < 1.29 is 9.53 Å². The van der Waals surface area contributed by atoms with E-state index in [4.69, 9.17) is 10.5 Å². The van der Waals surface area contributed by atoms with E-state index in [-0.39, 0.29) is 12.4 Å². The van der Waals surface area contributed by atoms with Crippen molar-refractivity contribution >= 4 is 55.0 Å². The number of nitrogens with two attached hydrogens (primary N) is 1. The Bertz CT molecular complexity index is 586. The van der Waals surface area contributed by atoms with E-state index < -0.39 is 5.97 Å². The molecular weight excluding hydrogens is 384 g/mol. The number of rotatable bonds is 3. The minimum absolute atomic E-state index is 0.240. The first-order chi connectivity index (χ1) is 8.56. The van der Waals surface area contributed by atoms with Crippen LogP contribution in [0.4, 0.5) is 5.82 Å². The number of nitrogens with zero attached hydrogens (tertiary/aromatic N) is 1. The normalized spacial score (nSPS) is 10.3. The molecule has 0 aromatic carbocycles. The number of thiophene rings is 1. The van der Waals surface area contributed by atoms with E-state index in [1.54, 1.807) is 0 Å². The van der Waals surface area contributed by atoms with Gasteiger partial charge in [-0.15, -0.1) is 11.3 Å². The largest absolute Gasteiger partial charge is 0.456 e. The Kier molecular flexibility index (Phi) is 4.36. The molecule has 18 heavy (non-hydrogen) atoms. The minimum Gasteiger partial charge on any atom is -0.456 e. The maximum absolute atomic E-state index is 11.9. The van der Waals surface area contributed by atoms with Crippen LogP contribution in [0, 0.1) is 0 Å². The zero-order valence-corrected chi connectivity index (χ0v) is 13.0. The first-order valence-electron chi connectivity index (χ1n) is 4.88. The first kappa shape index (κ1) is 13.5. The molecule has 7 heteroatoms. The number of ether oxygens (including phenoxy) is 1. The molecular formula is C11H8Br2N2O2S. The van der Waals surface area contributed by atoms with Crippen molar-refractivity contribution in [1.82, 2.24) is 4.98 Å². The average Bonchev–Trinajstić information content (AvgIpc) is 2.75. The Balaban J connectivity index is 2.05. The quantitative estimate of drug-likeness (QED) is 0.811. The number of hydrogen-bond acceptors (Lipinski definition) is 5. The summed E-state index contributed by atoms with van der Waals surface area (Å²) in [6.45, 7) is 0.240. The summed E-state index contributed by atoms with van der Waals surface area (Å²) in [6, 6.07) is 5.29. The van der Waals surface area contributed by atoms with Gasteiger partial charge < -0.3 is 10.5 Å². The summed E-state index contributed by atoms with van der Waals surface area (Å²) in [7, 11) is 0. The molecule has 2 N–H and O–H groups in total. The van der Waals surface area contributed by atoms with Gasteiger partial charge in [-0.3, -0.25) is 0 Å². The fourth-order valence-electron chi connectivity index (χ4n) is 1.26. The van der Waals surface area contributed by atoms with Crippen LogP contribution in [-0.4, -0.2) is 11.0 Å². The zero-order chi connectivity index (χ0) is 13.1. The molecule has 0 aliphatic heterocycles. The second-order valence-corrected chi connectivity index (χ2v) is 6.77. The standard InChI is InChI=1S/C11H8Br2N2O2S/c12-8-4-15-10(14)3-7(8)11(16)17-5-6-1-2-9(13)18-6/h1-4H,5H2,(H2,14,15). The van der Waals surface area contributed by atoms with E-state index in [1.807, 2.05) is 12.1 Å². The lowest BCUT2D eigenvalue weighted by molar-refractivity contribution is 0.0475. The third-order valence-electron chi connectivity index (χ3n) is 2.07. The van der Waals surface area contributed by atoms with Crippen LogP contribution in [0.3, 0.4) is 0 Å². The van der Waals surface area contributed by atoms with Gasteiger partial charge in [-0.05, 0) is 50.1 Å². The molecule has 2 aromatic rings. The molecule has 0 fully saturated rings. The number of halogens is 2. The summed E-state index contributed by atoms with van der Waals surface area (Å²) in [5, 5.41) is 0. The molecule has 2 rings (SSSR count). The molecule has 0 bridgehead atoms. The molecule has 0 saturated carbocycles. The van der Waals surface area contributed by atoms with E-state index >= 15 is 0 Å². The van der Waals surface area contributed by atoms with Crippen molar-refractivity contribution in [3.8, 4) is 0 Å². The third kappa shape index (κ3) is 3.30. The molecule has 0 radical (unpaired) electrons. The lowest BCUT2D eigenvalue weighted by atomic mass is 10.2. The summed E-state index contributed by atoms with van der Waals surface area (Å²) in [4.78, 5) is 16.7. The number of carbonyl (C=O) groups is 1. The highest BCUT2D eigenvalue weighted by molar-refractivity contribution is 9.11. The van der Waals surface area contributed by atoms with Gasteiger partial charge in [0.1, 0.15) is 12.4 Å². The number of carbonyl (C=O) groups excluding carboxylic acids is 1. The number of anilines is 1. The number of hydrogen-bond donors (Lipinski definition) is 1. The highest BCUT2D eigenvalue weighted by atomic mass is 79.9. The number of pyridine rings is 1. The molecule has 4 nitrogen and oxygen atoms in total. The zero-order valence-electron chi connectivity index (χ0n) is 9.02. The van der Waals surface area contributed by atoms with Gasteiger partial charge in [0.15, 0.2) is 0 Å². The highest BCUT2D eigenvalue weighted by Crippen LogP contribution is 2.24. The predicted octanol–water partition coefficient (Wildman–Crippen LogP) is 3.61. The summed E-state index contributed by atoms with van der Waals surface area (Å²) in [6.07, 6.45) is 1.48. The van der Waals surface area contributed by atoms with Crippen molar-refractivity contribution in [3.05, 3.63) is 43.1 Å². The molecule has 0 aliphatic rings. The molecule has 2 aromatic heterocycles. The maximum atomic E-state index is 11.9. The smallest absolute Gasteiger partial charge is 0.339 e. The van der Waals surface area contributed by atoms with Gasteiger partial charge in [-0.2, -0.15) is 0 Å². The van der Waals surface area contributed by atoms with Gasteiger partial charge in [0, 0.05) is 11.1 Å². The van der Waals surface area contributed by atoms with Crippen LogP contribution < -0.4 is 5.73 Å². The fourth-order valence-corrected chi connectivity index (χ4v) is 3.03. The predicted molar refractivity (Wildman–Crippen MR) is 77.5 cm³/mol. The van der Waals surface area contributed by atoms with Crippen molar-refractivity contribution in [2.75, 3.05) is 5.73 Å². The van der Waals surface area contributed by atoms with Gasteiger partial charge in [-0.1, -0.05) is 0 Å². The van der Waals surface area contributed by atoms with Crippen LogP contribution in [0.25, 0.3) is 0 Å². The van der Waals surface area contributed by atoms with E-state index in [0.29, 0.717) is 10.0 Å². The second-order valence-electron chi connectivity index (χ2n) is 3.37. The van der Waals surface area contributed by atoms with Crippen LogP contribution >= 0.6 is 43.2 Å². The lowest BCUT2D eigenvalue weighted by Crippen LogP contribution is -2.07. The van der Waals surface area contributed by atoms with Gasteiger partial charge >= 0.3 is 5.97 Å².